The van der Waals surface area contributed by atoms with E-state index in [1.54, 1.807) is 13.8 Å². The van der Waals surface area contributed by atoms with E-state index in [-0.39, 0.29) is 37.8 Å². The van der Waals surface area contributed by atoms with E-state index in [1.807, 2.05) is 13.8 Å². The number of hydrogen-bond acceptors (Lipinski definition) is 8. The molecule has 0 radical (unpaired) electrons. The lowest BCUT2D eigenvalue weighted by atomic mass is 9.93. The van der Waals surface area contributed by atoms with E-state index in [9.17, 15) is 38.7 Å². The number of esters is 1. The van der Waals surface area contributed by atoms with Crippen LogP contribution in [0.2, 0.25) is 0 Å². The molecular weight excluding hydrogens is 586 g/mol. The second-order valence-corrected chi connectivity index (χ2v) is 12.7. The van der Waals surface area contributed by atoms with Gasteiger partial charge >= 0.3 is 11.9 Å². The van der Waals surface area contributed by atoms with Crippen LogP contribution in [-0.4, -0.2) is 119 Å². The highest BCUT2D eigenvalue weighted by atomic mass is 16.5. The van der Waals surface area contributed by atoms with Crippen LogP contribution in [0.1, 0.15) is 80.1 Å². The smallest absolute Gasteiger partial charge is 0.308 e. The molecule has 0 aliphatic carbocycles. The van der Waals surface area contributed by atoms with Gasteiger partial charge in [-0.15, -0.1) is 0 Å². The zero-order valence-electron chi connectivity index (χ0n) is 27.8. The first-order valence-electron chi connectivity index (χ1n) is 15.9. The summed E-state index contributed by atoms with van der Waals surface area (Å²) in [5.74, 6) is -6.45. The topological polar surface area (TPSA) is 183 Å². The Labute approximate surface area is 265 Å². The Morgan fingerprint density at radius 3 is 2.18 bits per heavy atom. The van der Waals surface area contributed by atoms with E-state index in [4.69, 9.17) is 4.74 Å². The zero-order chi connectivity index (χ0) is 34.2. The maximum absolute atomic E-state index is 14.0. The molecule has 0 aromatic carbocycles. The van der Waals surface area contributed by atoms with Gasteiger partial charge < -0.3 is 35.2 Å². The molecule has 7 atom stereocenters. The van der Waals surface area contributed by atoms with Crippen LogP contribution in [-0.2, 0) is 38.3 Å². The molecule has 2 heterocycles. The highest BCUT2D eigenvalue weighted by Gasteiger charge is 2.42. The molecule has 14 heteroatoms. The Morgan fingerprint density at radius 1 is 0.956 bits per heavy atom. The number of nitrogens with one attached hydrogen (secondary N) is 2. The lowest BCUT2D eigenvalue weighted by molar-refractivity contribution is -0.165. The summed E-state index contributed by atoms with van der Waals surface area (Å²) in [7, 11) is 2.96. The second kappa shape index (κ2) is 16.6. The van der Waals surface area contributed by atoms with Crippen molar-refractivity contribution in [1.82, 2.24) is 25.3 Å². The molecule has 3 N–H and O–H groups in total. The Hall–Kier alpha value is -3.71. The molecule has 0 saturated carbocycles. The molecule has 0 spiro atoms. The summed E-state index contributed by atoms with van der Waals surface area (Å²) in [6, 6.07) is -3.89. The number of aliphatic carboxylic acids is 1. The standard InChI is InChI=1S/C31H51N5O9/c1-9-18(4)24-29(41)35(8)25(17(2)3)30(42)34(7)20(6)26(38)32-14-13-23(37)45-22(16-19(5)31(43)44)28(40)36-15-11-10-12-21(36)27(39)33-24/h17-22,24-25H,9-16H2,1-8H3,(H,32,38)(H,33,39)(H,43,44)/t18-,19+,20-,21-,22+,24-,25-/m0/s1. The molecular formula is C31H51N5O9. The molecule has 2 fully saturated rings. The summed E-state index contributed by atoms with van der Waals surface area (Å²) in [4.78, 5) is 96.6. The number of likely N-dealkylation sites (N-methyl/N-ethyl adjacent to an activating group) is 2. The third-order valence-corrected chi connectivity index (χ3v) is 8.99. The maximum Gasteiger partial charge on any atom is 0.308 e. The van der Waals surface area contributed by atoms with E-state index < -0.39 is 77.7 Å². The number of ether oxygens (including phenoxy) is 1. The van der Waals surface area contributed by atoms with Crippen LogP contribution in [0.25, 0.3) is 0 Å². The SMILES string of the molecule is CC[C@H](C)[C@@H]1NC(=O)[C@@H]2CCCCN2C(=O)[C@@H](C[C@@H](C)C(=O)O)OC(=O)CCNC(=O)[C@H](C)N(C)C(=O)[C@H](C(C)C)N(C)C1=O. The number of piperidine rings is 1. The Morgan fingerprint density at radius 2 is 1.60 bits per heavy atom. The molecule has 5 amide bonds. The number of fused-ring (bicyclic) bond motifs is 1. The van der Waals surface area contributed by atoms with Gasteiger partial charge in [-0.2, -0.15) is 0 Å². The van der Waals surface area contributed by atoms with Crippen LogP contribution in [0.15, 0.2) is 0 Å². The predicted octanol–water partition coefficient (Wildman–Crippen LogP) is 0.771. The van der Waals surface area contributed by atoms with Crippen molar-refractivity contribution in [2.45, 2.75) is 110 Å². The molecule has 254 valence electrons. The summed E-state index contributed by atoms with van der Waals surface area (Å²) in [6.45, 7) is 10.2. The number of amides is 5. The predicted molar refractivity (Wildman–Crippen MR) is 163 cm³/mol. The van der Waals surface area contributed by atoms with Crippen molar-refractivity contribution in [3.63, 3.8) is 0 Å². The Bertz CT molecular complexity index is 1130. The first-order chi connectivity index (χ1) is 21.0. The van der Waals surface area contributed by atoms with Crippen LogP contribution in [0.3, 0.4) is 0 Å². The van der Waals surface area contributed by atoms with Crippen molar-refractivity contribution in [3.8, 4) is 0 Å². The number of carboxylic acid groups (broad SMARTS) is 1. The molecule has 0 aromatic rings. The van der Waals surface area contributed by atoms with Crippen molar-refractivity contribution in [2.24, 2.45) is 17.8 Å². The summed E-state index contributed by atoms with van der Waals surface area (Å²) in [5, 5.41) is 15.0. The molecule has 45 heavy (non-hydrogen) atoms. The fourth-order valence-electron chi connectivity index (χ4n) is 5.69. The number of carbonyl (C=O) groups excluding carboxylic acids is 6. The normalized spacial score (nSPS) is 28.3. The first-order valence-corrected chi connectivity index (χ1v) is 15.9. The second-order valence-electron chi connectivity index (χ2n) is 12.7. The van der Waals surface area contributed by atoms with Crippen molar-refractivity contribution in [1.29, 1.82) is 0 Å². The van der Waals surface area contributed by atoms with Gasteiger partial charge in [0.1, 0.15) is 24.2 Å². The molecule has 2 aliphatic heterocycles. The quantitative estimate of drug-likeness (QED) is 0.354. The van der Waals surface area contributed by atoms with E-state index >= 15 is 0 Å². The van der Waals surface area contributed by atoms with Gasteiger partial charge in [0, 0.05) is 33.6 Å². The molecule has 0 bridgehead atoms. The number of cyclic esters (lactones) is 1. The van der Waals surface area contributed by atoms with E-state index in [1.165, 1.54) is 42.6 Å². The van der Waals surface area contributed by atoms with Gasteiger partial charge in [0.25, 0.3) is 5.91 Å². The van der Waals surface area contributed by atoms with E-state index in [0.717, 1.165) is 0 Å². The summed E-state index contributed by atoms with van der Waals surface area (Å²) >= 11 is 0. The fraction of sp³-hybridized carbons (Fsp3) is 0.774. The molecule has 2 rings (SSSR count). The highest BCUT2D eigenvalue weighted by Crippen LogP contribution is 2.24. The number of rotatable bonds is 6. The molecule has 0 aromatic heterocycles. The van der Waals surface area contributed by atoms with Crippen LogP contribution in [0, 0.1) is 17.8 Å². The third kappa shape index (κ3) is 9.40. The van der Waals surface area contributed by atoms with Gasteiger partial charge in [-0.25, -0.2) is 0 Å². The number of hydrogen-bond donors (Lipinski definition) is 3. The van der Waals surface area contributed by atoms with Crippen molar-refractivity contribution < 1.29 is 43.4 Å². The number of carboxylic acids is 1. The Balaban J connectivity index is 2.59. The number of carbonyl (C=O) groups is 7. The van der Waals surface area contributed by atoms with Gasteiger partial charge in [-0.1, -0.05) is 41.0 Å². The van der Waals surface area contributed by atoms with Gasteiger partial charge in [-0.3, -0.25) is 33.6 Å². The lowest BCUT2D eigenvalue weighted by Crippen LogP contribution is -2.62. The zero-order valence-corrected chi connectivity index (χ0v) is 27.8. The lowest BCUT2D eigenvalue weighted by Gasteiger charge is -2.39. The Kier molecular flexibility index (Phi) is 13.8. The molecule has 2 aliphatic rings. The average Bonchev–Trinajstić information content (AvgIpc) is 3.00. The van der Waals surface area contributed by atoms with Crippen molar-refractivity contribution in [3.05, 3.63) is 0 Å². The maximum atomic E-state index is 14.0. The molecule has 0 unspecified atom stereocenters. The monoisotopic (exact) mass is 637 g/mol. The van der Waals surface area contributed by atoms with Crippen molar-refractivity contribution in [2.75, 3.05) is 27.2 Å². The van der Waals surface area contributed by atoms with Gasteiger partial charge in [0.2, 0.25) is 23.6 Å². The van der Waals surface area contributed by atoms with Crippen LogP contribution < -0.4 is 10.6 Å². The minimum Gasteiger partial charge on any atom is -0.481 e. The fourth-order valence-corrected chi connectivity index (χ4v) is 5.69. The molecule has 2 saturated heterocycles. The minimum absolute atomic E-state index is 0.156. The summed E-state index contributed by atoms with van der Waals surface area (Å²) < 4.78 is 5.48. The van der Waals surface area contributed by atoms with Crippen LogP contribution in [0.5, 0.6) is 0 Å². The van der Waals surface area contributed by atoms with Gasteiger partial charge in [-0.05, 0) is 38.0 Å². The van der Waals surface area contributed by atoms with E-state index in [2.05, 4.69) is 10.6 Å². The highest BCUT2D eigenvalue weighted by molar-refractivity contribution is 5.96. The van der Waals surface area contributed by atoms with Crippen LogP contribution >= 0.6 is 0 Å². The average molecular weight is 638 g/mol. The summed E-state index contributed by atoms with van der Waals surface area (Å²) in [5.41, 5.74) is 0. The largest absolute Gasteiger partial charge is 0.481 e. The van der Waals surface area contributed by atoms with Gasteiger partial charge in [0.15, 0.2) is 6.10 Å². The summed E-state index contributed by atoms with van der Waals surface area (Å²) in [6.07, 6.45) is -0.0522. The minimum atomic E-state index is -1.47. The number of nitrogens with zero attached hydrogens (tertiary/aromatic N) is 3. The van der Waals surface area contributed by atoms with E-state index in [0.29, 0.717) is 25.7 Å². The third-order valence-electron chi connectivity index (χ3n) is 8.99. The van der Waals surface area contributed by atoms with Gasteiger partial charge in [0.05, 0.1) is 12.3 Å². The van der Waals surface area contributed by atoms with Crippen molar-refractivity contribution >= 4 is 41.5 Å². The van der Waals surface area contributed by atoms with Crippen LogP contribution in [0.4, 0.5) is 0 Å². The molecule has 14 nitrogen and oxygen atoms in total. The first kappa shape index (κ1) is 37.5.